The molecule has 1 heterocycles. The lowest BCUT2D eigenvalue weighted by Gasteiger charge is -2.25. The number of aromatic nitrogens is 1. The summed E-state index contributed by atoms with van der Waals surface area (Å²) in [5, 5.41) is 11.9. The van der Waals surface area contributed by atoms with E-state index in [1.807, 2.05) is 18.2 Å². The number of thiocarbonyl (C=S) groups is 1. The second-order valence-electron chi connectivity index (χ2n) is 5.47. The molecule has 0 saturated carbocycles. The smallest absolute Gasteiger partial charge is 0.348 e. The number of pyridine rings is 1. The van der Waals surface area contributed by atoms with E-state index in [-0.39, 0.29) is 17.2 Å². The zero-order valence-electron chi connectivity index (χ0n) is 13.8. The Morgan fingerprint density at radius 1 is 1.19 bits per heavy atom. The molecule has 1 aromatic heterocycles. The molecule has 1 aromatic carbocycles. The van der Waals surface area contributed by atoms with Gasteiger partial charge in [-0.3, -0.25) is 4.98 Å². The van der Waals surface area contributed by atoms with E-state index in [0.717, 1.165) is 17.8 Å². The van der Waals surface area contributed by atoms with Crippen LogP contribution in [0.4, 0.5) is 18.9 Å². The number of anilines is 1. The van der Waals surface area contributed by atoms with Crippen molar-refractivity contribution in [1.82, 2.24) is 9.88 Å². The van der Waals surface area contributed by atoms with Gasteiger partial charge in [-0.2, -0.15) is 18.4 Å². The van der Waals surface area contributed by atoms with Crippen LogP contribution in [0.15, 0.2) is 48.7 Å². The fourth-order valence-corrected chi connectivity index (χ4v) is 2.57. The molecule has 0 aliphatic carbocycles. The average Bonchev–Trinajstić information content (AvgIpc) is 2.62. The van der Waals surface area contributed by atoms with Crippen LogP contribution in [-0.4, -0.2) is 28.1 Å². The van der Waals surface area contributed by atoms with Crippen molar-refractivity contribution in [3.05, 3.63) is 59.9 Å². The highest BCUT2D eigenvalue weighted by Crippen LogP contribution is 2.30. The molecule has 0 aliphatic rings. The highest BCUT2D eigenvalue weighted by Gasteiger charge is 2.30. The van der Waals surface area contributed by atoms with Gasteiger partial charge in [0.15, 0.2) is 5.11 Å². The van der Waals surface area contributed by atoms with Gasteiger partial charge in [0.2, 0.25) is 0 Å². The van der Waals surface area contributed by atoms with E-state index in [4.69, 9.17) is 17.5 Å². The summed E-state index contributed by atoms with van der Waals surface area (Å²) in [6.45, 7) is 0.887. The van der Waals surface area contributed by atoms with Crippen LogP contribution in [0.3, 0.4) is 0 Å². The minimum Gasteiger partial charge on any atom is -0.348 e. The van der Waals surface area contributed by atoms with Crippen molar-refractivity contribution in [1.29, 1.82) is 5.26 Å². The third-order valence-corrected chi connectivity index (χ3v) is 3.95. The van der Waals surface area contributed by atoms with E-state index in [9.17, 15) is 13.2 Å². The van der Waals surface area contributed by atoms with Crippen LogP contribution in [0.1, 0.15) is 17.7 Å². The fourth-order valence-electron chi connectivity index (χ4n) is 2.27. The van der Waals surface area contributed by atoms with E-state index >= 15 is 0 Å². The Kier molecular flexibility index (Phi) is 6.92. The molecule has 4 nitrogen and oxygen atoms in total. The summed E-state index contributed by atoms with van der Waals surface area (Å²) >= 11 is 5.33. The van der Waals surface area contributed by atoms with Crippen molar-refractivity contribution in [2.45, 2.75) is 19.0 Å². The summed E-state index contributed by atoms with van der Waals surface area (Å²) < 4.78 is 38.5. The summed E-state index contributed by atoms with van der Waals surface area (Å²) in [4.78, 5) is 5.99. The number of nitrogens with one attached hydrogen (secondary N) is 1. The molecule has 0 amide bonds. The summed E-state index contributed by atoms with van der Waals surface area (Å²) in [5.41, 5.74) is 0.378. The standard InChI is InChI=1S/C18H17F3N4S/c19-18(20,21)14-5-3-7-16(13-14)24-17(26)25(11-4-9-22)12-8-15-6-1-2-10-23-15/h1-3,5-7,10,13H,4,8,11-12H2,(H,24,26). The molecule has 2 aromatic rings. The Labute approximate surface area is 155 Å². The molecule has 0 bridgehead atoms. The van der Waals surface area contributed by atoms with Gasteiger partial charge in [-0.25, -0.2) is 0 Å². The molecular weight excluding hydrogens is 361 g/mol. The first-order valence-corrected chi connectivity index (χ1v) is 8.31. The van der Waals surface area contributed by atoms with Crippen LogP contribution in [-0.2, 0) is 12.6 Å². The Morgan fingerprint density at radius 3 is 2.65 bits per heavy atom. The van der Waals surface area contributed by atoms with Crippen LogP contribution in [0.5, 0.6) is 0 Å². The topological polar surface area (TPSA) is 52.0 Å². The number of alkyl halides is 3. The summed E-state index contributed by atoms with van der Waals surface area (Å²) in [6.07, 6.45) is -1.86. The van der Waals surface area contributed by atoms with Crippen molar-refractivity contribution in [2.75, 3.05) is 18.4 Å². The number of halogens is 3. The van der Waals surface area contributed by atoms with E-state index in [2.05, 4.69) is 16.4 Å². The van der Waals surface area contributed by atoms with E-state index in [1.165, 1.54) is 12.1 Å². The molecule has 0 atom stereocenters. The van der Waals surface area contributed by atoms with Crippen LogP contribution in [0, 0.1) is 11.3 Å². The van der Waals surface area contributed by atoms with Gasteiger partial charge in [-0.05, 0) is 42.5 Å². The number of nitriles is 1. The predicted octanol–water partition coefficient (Wildman–Crippen LogP) is 4.26. The van der Waals surface area contributed by atoms with Crippen molar-refractivity contribution >= 4 is 23.0 Å². The van der Waals surface area contributed by atoms with E-state index in [1.54, 1.807) is 11.1 Å². The SMILES string of the molecule is N#CCCN(CCc1ccccn1)C(=S)Nc1cccc(C(F)(F)F)c1. The van der Waals surface area contributed by atoms with Gasteiger partial charge in [-0.1, -0.05) is 12.1 Å². The Hall–Kier alpha value is -2.66. The molecule has 0 unspecified atom stereocenters. The maximum atomic E-state index is 12.8. The lowest BCUT2D eigenvalue weighted by atomic mass is 10.2. The van der Waals surface area contributed by atoms with Crippen molar-refractivity contribution in [2.24, 2.45) is 0 Å². The maximum absolute atomic E-state index is 12.8. The zero-order valence-corrected chi connectivity index (χ0v) is 14.6. The van der Waals surface area contributed by atoms with Crippen molar-refractivity contribution in [3.8, 4) is 6.07 Å². The second-order valence-corrected chi connectivity index (χ2v) is 5.86. The normalized spacial score (nSPS) is 10.8. The van der Waals surface area contributed by atoms with Gasteiger partial charge in [0, 0.05) is 37.1 Å². The third kappa shape index (κ3) is 6.01. The summed E-state index contributed by atoms with van der Waals surface area (Å²) in [6, 6.07) is 12.5. The van der Waals surface area contributed by atoms with Gasteiger partial charge in [0.1, 0.15) is 0 Å². The molecule has 0 saturated heterocycles. The molecule has 8 heteroatoms. The van der Waals surface area contributed by atoms with E-state index < -0.39 is 11.7 Å². The number of benzene rings is 1. The lowest BCUT2D eigenvalue weighted by molar-refractivity contribution is -0.137. The van der Waals surface area contributed by atoms with Gasteiger partial charge in [0.05, 0.1) is 18.1 Å². The molecule has 0 radical (unpaired) electrons. The molecule has 0 fully saturated rings. The molecule has 2 rings (SSSR count). The van der Waals surface area contributed by atoms with Gasteiger partial charge in [0.25, 0.3) is 0 Å². The monoisotopic (exact) mass is 378 g/mol. The van der Waals surface area contributed by atoms with Crippen molar-refractivity contribution in [3.63, 3.8) is 0 Å². The number of hydrogen-bond acceptors (Lipinski definition) is 3. The first-order chi connectivity index (χ1) is 12.4. The molecule has 0 aliphatic heterocycles. The highest BCUT2D eigenvalue weighted by atomic mass is 32.1. The van der Waals surface area contributed by atoms with Crippen LogP contribution in [0.25, 0.3) is 0 Å². The molecule has 0 spiro atoms. The minimum absolute atomic E-state index is 0.254. The first-order valence-electron chi connectivity index (χ1n) is 7.90. The zero-order chi connectivity index (χ0) is 19.0. The highest BCUT2D eigenvalue weighted by molar-refractivity contribution is 7.80. The summed E-state index contributed by atoms with van der Waals surface area (Å²) in [5.74, 6) is 0. The number of hydrogen-bond donors (Lipinski definition) is 1. The minimum atomic E-state index is -4.42. The van der Waals surface area contributed by atoms with Crippen LogP contribution in [0.2, 0.25) is 0 Å². The van der Waals surface area contributed by atoms with Gasteiger partial charge in [-0.15, -0.1) is 0 Å². The Bertz CT molecular complexity index is 772. The molecule has 136 valence electrons. The number of nitrogens with zero attached hydrogens (tertiary/aromatic N) is 3. The van der Waals surface area contributed by atoms with Crippen molar-refractivity contribution < 1.29 is 13.2 Å². The molecule has 1 N–H and O–H groups in total. The average molecular weight is 378 g/mol. The van der Waals surface area contributed by atoms with Crippen LogP contribution < -0.4 is 5.32 Å². The Balaban J connectivity index is 2.05. The number of rotatable bonds is 6. The lowest BCUT2D eigenvalue weighted by Crippen LogP contribution is -2.37. The first kappa shape index (κ1) is 19.7. The quantitative estimate of drug-likeness (QED) is 0.762. The Morgan fingerprint density at radius 2 is 2.00 bits per heavy atom. The second kappa shape index (κ2) is 9.15. The van der Waals surface area contributed by atoms with Gasteiger partial charge >= 0.3 is 6.18 Å². The maximum Gasteiger partial charge on any atom is 0.416 e. The third-order valence-electron chi connectivity index (χ3n) is 3.59. The predicted molar refractivity (Wildman–Crippen MR) is 97.4 cm³/mol. The van der Waals surface area contributed by atoms with Gasteiger partial charge < -0.3 is 10.2 Å². The van der Waals surface area contributed by atoms with Crippen LogP contribution >= 0.6 is 12.2 Å². The molecule has 26 heavy (non-hydrogen) atoms. The summed E-state index contributed by atoms with van der Waals surface area (Å²) in [7, 11) is 0. The molecular formula is C18H17F3N4S. The fraction of sp³-hybridized carbons (Fsp3) is 0.278. The largest absolute Gasteiger partial charge is 0.416 e. The van der Waals surface area contributed by atoms with E-state index in [0.29, 0.717) is 19.5 Å².